The molecule has 0 saturated heterocycles. The van der Waals surface area contributed by atoms with Crippen LogP contribution >= 0.6 is 0 Å². The Balaban J connectivity index is 1.94. The van der Waals surface area contributed by atoms with Gasteiger partial charge in [0.1, 0.15) is 0 Å². The van der Waals surface area contributed by atoms with E-state index in [4.69, 9.17) is 17.6 Å². The van der Waals surface area contributed by atoms with Crippen LogP contribution in [0, 0.1) is 10.2 Å². The molecule has 35 heavy (non-hydrogen) atoms. The number of rotatable bonds is 8. The van der Waals surface area contributed by atoms with E-state index in [9.17, 15) is 14.0 Å². The minimum absolute atomic E-state index is 0.638. The summed E-state index contributed by atoms with van der Waals surface area (Å²) in [6, 6.07) is 21.9. The van der Waals surface area contributed by atoms with Gasteiger partial charge < -0.3 is 0 Å². The van der Waals surface area contributed by atoms with Gasteiger partial charge in [0.05, 0.1) is 0 Å². The van der Waals surface area contributed by atoms with E-state index < -0.39 is 24.0 Å². The maximum absolute atomic E-state index is 11.8. The van der Waals surface area contributed by atoms with E-state index in [0.29, 0.717) is 20.4 Å². The molecule has 0 aliphatic carbocycles. The van der Waals surface area contributed by atoms with Gasteiger partial charge in [-0.05, 0) is 0 Å². The molecule has 4 rings (SSSR count). The summed E-state index contributed by atoms with van der Waals surface area (Å²) >= 11 is -2.80. The first kappa shape index (κ1) is 25.2. The third-order valence-electron chi connectivity index (χ3n) is 5.29. The first-order chi connectivity index (χ1) is 16.8. The summed E-state index contributed by atoms with van der Waals surface area (Å²) < 4.78 is 57.7. The zero-order chi connectivity index (χ0) is 25.0. The molecule has 1 aliphatic rings. The maximum atomic E-state index is 11.8. The fourth-order valence-corrected chi connectivity index (χ4v) is 8.60. The van der Waals surface area contributed by atoms with Crippen molar-refractivity contribution >= 4 is 28.3 Å². The molecule has 7 nitrogen and oxygen atoms in total. The van der Waals surface area contributed by atoms with Gasteiger partial charge in [-0.2, -0.15) is 0 Å². The second-order valence-electron chi connectivity index (χ2n) is 7.37. The van der Waals surface area contributed by atoms with E-state index in [1.54, 1.807) is 45.6 Å². The van der Waals surface area contributed by atoms with E-state index >= 15 is 0 Å². The van der Waals surface area contributed by atoms with Gasteiger partial charge in [-0.3, -0.25) is 0 Å². The van der Waals surface area contributed by atoms with Crippen LogP contribution in [0.5, 0.6) is 17.2 Å². The van der Waals surface area contributed by atoms with E-state index in [1.807, 2.05) is 60.7 Å². The van der Waals surface area contributed by atoms with Crippen LogP contribution in [0.4, 0.5) is 0 Å². The molecule has 9 heteroatoms. The molecule has 1 atom stereocenters. The van der Waals surface area contributed by atoms with E-state index in [2.05, 4.69) is 0 Å². The third kappa shape index (κ3) is 6.01. The van der Waals surface area contributed by atoms with Crippen LogP contribution in [0.25, 0.3) is 10.0 Å². The Labute approximate surface area is 209 Å². The van der Waals surface area contributed by atoms with Crippen molar-refractivity contribution in [1.29, 1.82) is 0 Å². The van der Waals surface area contributed by atoms with Crippen LogP contribution in [0.15, 0.2) is 84.9 Å². The summed E-state index contributed by atoms with van der Waals surface area (Å²) in [5.41, 5.74) is 3.21. The summed E-state index contributed by atoms with van der Waals surface area (Å²) in [6.07, 6.45) is 3.75. The van der Waals surface area contributed by atoms with Crippen LogP contribution in [0.2, 0.25) is 0 Å². The van der Waals surface area contributed by atoms with Gasteiger partial charge in [0.2, 0.25) is 0 Å². The first-order valence-electron chi connectivity index (χ1n) is 10.4. The van der Waals surface area contributed by atoms with Crippen molar-refractivity contribution in [3.63, 3.8) is 0 Å². The Bertz CT molecular complexity index is 1270. The molecule has 3 aromatic rings. The molecule has 0 fully saturated rings. The van der Waals surface area contributed by atoms with Gasteiger partial charge in [-0.1, -0.05) is 0 Å². The summed E-state index contributed by atoms with van der Waals surface area (Å²) in [5.74, 6) is 2.03. The van der Waals surface area contributed by atoms with Gasteiger partial charge >= 0.3 is 210 Å². The number of ether oxygens (including phenoxy) is 3. The predicted octanol–water partition coefficient (Wildman–Crippen LogP) is 1.44. The minimum atomic E-state index is -4.66. The van der Waals surface area contributed by atoms with Crippen molar-refractivity contribution in [3.8, 4) is 17.2 Å². The Morgan fingerprint density at radius 1 is 0.571 bits per heavy atom. The van der Waals surface area contributed by atoms with Crippen LogP contribution in [-0.4, -0.2) is 39.5 Å². The average Bonchev–Trinajstić information content (AvgIpc) is 2.88. The van der Waals surface area contributed by atoms with E-state index in [0.717, 1.165) is 28.0 Å². The molecule has 0 amide bonds. The summed E-state index contributed by atoms with van der Waals surface area (Å²) in [5, 5.41) is 0. The fraction of sp³-hybridized carbons (Fsp3) is 0.115. The normalized spacial score (nSPS) is 15.8. The molecule has 1 unspecified atom stereocenters. The van der Waals surface area contributed by atoms with Gasteiger partial charge in [0.15, 0.2) is 0 Å². The van der Waals surface area contributed by atoms with Crippen molar-refractivity contribution in [2.75, 3.05) is 21.3 Å². The molecular weight excluding hydrogens is 539 g/mol. The predicted molar refractivity (Wildman–Crippen MR) is 126 cm³/mol. The second kappa shape index (κ2) is 10.8. The second-order valence-corrected chi connectivity index (χ2v) is 12.0. The zero-order valence-electron chi connectivity index (χ0n) is 19.2. The quantitative estimate of drug-likeness (QED) is 0.383. The van der Waals surface area contributed by atoms with Crippen LogP contribution in [-0.2, 0) is 3.37 Å². The van der Waals surface area contributed by atoms with Crippen molar-refractivity contribution in [3.05, 3.63) is 102 Å². The van der Waals surface area contributed by atoms with Gasteiger partial charge in [0.25, 0.3) is 0 Å². The van der Waals surface area contributed by atoms with E-state index in [1.165, 1.54) is 0 Å². The molecule has 0 saturated carbocycles. The van der Waals surface area contributed by atoms with Crippen LogP contribution in [0.1, 0.15) is 16.7 Å². The summed E-state index contributed by atoms with van der Waals surface area (Å²) in [7, 11) is 0.0699. The van der Waals surface area contributed by atoms with Gasteiger partial charge in [-0.25, -0.2) is 0 Å². The van der Waals surface area contributed by atoms with Crippen molar-refractivity contribution < 1.29 is 41.8 Å². The molecule has 0 aromatic heterocycles. The third-order valence-corrected chi connectivity index (χ3v) is 10.5. The standard InChI is InChI=1S/C26H23ClO7Se/c1-31-22-10-4-18(5-11-22)21-16-25(19-6-12-23(32-2)13-7-19)35(34-27(28,29)30)26(17-21)20-8-14-24(33-3)15-9-20/h4-17H,1-3H3. The average molecular weight is 562 g/mol. The van der Waals surface area contributed by atoms with Crippen molar-refractivity contribution in [2.45, 2.75) is 0 Å². The zero-order valence-corrected chi connectivity index (χ0v) is 21.7. The Morgan fingerprint density at radius 2 is 1.00 bits per heavy atom. The molecule has 0 N–H and O–H groups in total. The molecule has 1 heterocycles. The molecule has 1 aliphatic heterocycles. The molecule has 0 spiro atoms. The molecule has 0 radical (unpaired) electrons. The summed E-state index contributed by atoms with van der Waals surface area (Å²) in [6.45, 7) is 0. The molecule has 182 valence electrons. The SMILES string of the molecule is COc1ccc(C2=CC(c3ccc(OC)cc3)=[Se](O[Cl+3]([O-])([O-])[O-])C(c3ccc(OC)cc3)=C2)cc1. The monoisotopic (exact) mass is 562 g/mol. The van der Waals surface area contributed by atoms with Crippen molar-refractivity contribution in [2.24, 2.45) is 0 Å². The number of benzene rings is 3. The molecule has 0 bridgehead atoms. The van der Waals surface area contributed by atoms with E-state index in [-0.39, 0.29) is 0 Å². The first-order valence-corrected chi connectivity index (χ1v) is 14.0. The number of allylic oxidation sites excluding steroid dienone is 3. The number of halogens is 1. The molecular formula is C26H23ClO7Se. The topological polar surface area (TPSA) is 106 Å². The van der Waals surface area contributed by atoms with Crippen LogP contribution in [0.3, 0.4) is 0 Å². The number of methoxy groups -OCH3 is 3. The number of hydrogen-bond donors (Lipinski definition) is 0. The van der Waals surface area contributed by atoms with Gasteiger partial charge in [0, 0.05) is 0 Å². The van der Waals surface area contributed by atoms with Crippen LogP contribution < -0.4 is 28.2 Å². The van der Waals surface area contributed by atoms with Crippen molar-refractivity contribution in [1.82, 2.24) is 0 Å². The molecule has 3 aromatic carbocycles. The Hall–Kier alpha value is -2.94. The Kier molecular flexibility index (Phi) is 7.74. The number of hydrogen-bond acceptors (Lipinski definition) is 7. The summed E-state index contributed by atoms with van der Waals surface area (Å²) in [4.78, 5) is 0. The van der Waals surface area contributed by atoms with Gasteiger partial charge in [-0.15, -0.1) is 0 Å². The Morgan fingerprint density at radius 3 is 1.43 bits per heavy atom. The fourth-order valence-electron chi connectivity index (χ4n) is 3.54.